The molecule has 168 valence electrons. The van der Waals surface area contributed by atoms with Crippen LogP contribution in [0.4, 0.5) is 5.69 Å². The zero-order valence-corrected chi connectivity index (χ0v) is 21.2. The van der Waals surface area contributed by atoms with Crippen LogP contribution in [0.2, 0.25) is 0 Å². The Kier molecular flexibility index (Phi) is 8.63. The third-order valence-corrected chi connectivity index (χ3v) is 6.34. The number of carbonyl (C=O) groups excluding carboxylic acids is 1. The Morgan fingerprint density at radius 2 is 1.94 bits per heavy atom. The van der Waals surface area contributed by atoms with Crippen LogP contribution in [0.5, 0.6) is 17.2 Å². The Morgan fingerprint density at radius 3 is 2.56 bits per heavy atom. The number of carbonyl (C=O) groups is 1. The van der Waals surface area contributed by atoms with Crippen molar-refractivity contribution in [1.82, 2.24) is 4.90 Å². The molecule has 2 aromatic carbocycles. The molecule has 6 nitrogen and oxygen atoms in total. The van der Waals surface area contributed by atoms with Crippen molar-refractivity contribution in [3.8, 4) is 17.2 Å². The van der Waals surface area contributed by atoms with Crippen molar-refractivity contribution in [3.05, 3.63) is 63.1 Å². The molecular formula is C24H25IN2O4S. The highest BCUT2D eigenvalue weighted by Crippen LogP contribution is 2.38. The van der Waals surface area contributed by atoms with Crippen molar-refractivity contribution in [2.75, 3.05) is 27.4 Å². The van der Waals surface area contributed by atoms with Crippen LogP contribution >= 0.6 is 34.4 Å². The van der Waals surface area contributed by atoms with Gasteiger partial charge in [-0.3, -0.25) is 9.69 Å². The summed E-state index contributed by atoms with van der Waals surface area (Å²) in [6.45, 7) is 6.72. The summed E-state index contributed by atoms with van der Waals surface area (Å²) >= 11 is 3.58. The van der Waals surface area contributed by atoms with Gasteiger partial charge in [0.05, 0.1) is 28.4 Å². The van der Waals surface area contributed by atoms with E-state index in [0.717, 1.165) is 27.0 Å². The number of benzene rings is 2. The van der Waals surface area contributed by atoms with Gasteiger partial charge in [0.25, 0.3) is 5.91 Å². The first-order valence-electron chi connectivity index (χ1n) is 10.1. The zero-order chi connectivity index (χ0) is 23.1. The summed E-state index contributed by atoms with van der Waals surface area (Å²) in [5.74, 6) is 1.98. The number of aliphatic imine (C=N–C) groups is 1. The van der Waals surface area contributed by atoms with Crippen LogP contribution in [0.25, 0.3) is 6.08 Å². The van der Waals surface area contributed by atoms with E-state index in [0.29, 0.717) is 34.7 Å². The van der Waals surface area contributed by atoms with Crippen molar-refractivity contribution in [2.45, 2.75) is 13.3 Å². The molecule has 0 N–H and O–H groups in total. The fourth-order valence-electron chi connectivity index (χ4n) is 3.04. The second-order valence-corrected chi connectivity index (χ2v) is 8.96. The second kappa shape index (κ2) is 11.4. The minimum atomic E-state index is -0.0509. The Balaban J connectivity index is 1.93. The highest BCUT2D eigenvalue weighted by Gasteiger charge is 2.33. The first-order chi connectivity index (χ1) is 15.5. The van der Waals surface area contributed by atoms with Gasteiger partial charge in [-0.15, -0.1) is 0 Å². The van der Waals surface area contributed by atoms with E-state index in [1.807, 2.05) is 49.4 Å². The highest BCUT2D eigenvalue weighted by molar-refractivity contribution is 14.1. The molecule has 1 fully saturated rings. The Morgan fingerprint density at radius 1 is 1.19 bits per heavy atom. The number of hydrogen-bond donors (Lipinski definition) is 0. The lowest BCUT2D eigenvalue weighted by Gasteiger charge is -2.14. The van der Waals surface area contributed by atoms with Gasteiger partial charge in [-0.1, -0.05) is 19.6 Å². The quantitative estimate of drug-likeness (QED) is 0.216. The summed E-state index contributed by atoms with van der Waals surface area (Å²) in [6, 6.07) is 11.3. The Bertz CT molecular complexity index is 1050. The van der Waals surface area contributed by atoms with Crippen LogP contribution in [0, 0.1) is 3.57 Å². The van der Waals surface area contributed by atoms with E-state index in [4.69, 9.17) is 19.2 Å². The van der Waals surface area contributed by atoms with Crippen LogP contribution in [-0.2, 0) is 4.79 Å². The monoisotopic (exact) mass is 564 g/mol. The third-order valence-electron chi connectivity index (χ3n) is 4.53. The molecule has 3 rings (SSSR count). The van der Waals surface area contributed by atoms with E-state index < -0.39 is 0 Å². The summed E-state index contributed by atoms with van der Waals surface area (Å²) in [5, 5.41) is 0.667. The van der Waals surface area contributed by atoms with Crippen LogP contribution < -0.4 is 14.2 Å². The minimum Gasteiger partial charge on any atom is -0.497 e. The molecule has 1 aliphatic rings. The molecule has 0 unspecified atom stereocenters. The molecule has 1 saturated heterocycles. The van der Waals surface area contributed by atoms with E-state index >= 15 is 0 Å². The third kappa shape index (κ3) is 5.66. The van der Waals surface area contributed by atoms with E-state index in [-0.39, 0.29) is 5.91 Å². The van der Waals surface area contributed by atoms with Gasteiger partial charge in [-0.25, -0.2) is 4.99 Å². The maximum atomic E-state index is 13.1. The van der Waals surface area contributed by atoms with Crippen LogP contribution in [0.3, 0.4) is 0 Å². The average Bonchev–Trinajstić information content (AvgIpc) is 3.07. The Hall–Kier alpha value is -2.46. The molecule has 0 bridgehead atoms. The number of rotatable bonds is 9. The van der Waals surface area contributed by atoms with Crippen LogP contribution in [0.1, 0.15) is 18.9 Å². The first-order valence-corrected chi connectivity index (χ1v) is 12.0. The molecule has 32 heavy (non-hydrogen) atoms. The summed E-state index contributed by atoms with van der Waals surface area (Å²) < 4.78 is 17.3. The van der Waals surface area contributed by atoms with E-state index in [2.05, 4.69) is 29.2 Å². The lowest BCUT2D eigenvalue weighted by atomic mass is 10.2. The van der Waals surface area contributed by atoms with Crippen LogP contribution in [0.15, 0.2) is 59.0 Å². The molecule has 0 atom stereocenters. The summed E-state index contributed by atoms with van der Waals surface area (Å²) in [5.41, 5.74) is 1.62. The molecule has 0 aromatic heterocycles. The molecular weight excluding hydrogens is 539 g/mol. The van der Waals surface area contributed by atoms with Crippen molar-refractivity contribution < 1.29 is 19.0 Å². The number of hydrogen-bond acceptors (Lipinski definition) is 6. The normalized spacial score (nSPS) is 16.0. The highest BCUT2D eigenvalue weighted by atomic mass is 127. The van der Waals surface area contributed by atoms with Crippen molar-refractivity contribution >= 4 is 57.2 Å². The van der Waals surface area contributed by atoms with Gasteiger partial charge in [0, 0.05) is 6.54 Å². The minimum absolute atomic E-state index is 0.0509. The van der Waals surface area contributed by atoms with Crippen LogP contribution in [-0.4, -0.2) is 43.3 Å². The molecule has 0 radical (unpaired) electrons. The van der Waals surface area contributed by atoms with Gasteiger partial charge >= 0.3 is 0 Å². The lowest BCUT2D eigenvalue weighted by Crippen LogP contribution is -2.29. The predicted molar refractivity (Wildman–Crippen MR) is 139 cm³/mol. The number of amides is 1. The van der Waals surface area contributed by atoms with E-state index in [1.165, 1.54) is 11.8 Å². The molecule has 8 heteroatoms. The number of thioether (sulfide) groups is 1. The van der Waals surface area contributed by atoms with Gasteiger partial charge < -0.3 is 14.2 Å². The Labute approximate surface area is 206 Å². The molecule has 1 amide bonds. The molecule has 0 saturated carbocycles. The van der Waals surface area contributed by atoms with Crippen molar-refractivity contribution in [3.63, 3.8) is 0 Å². The molecule has 0 spiro atoms. The molecule has 1 aliphatic heterocycles. The smallest absolute Gasteiger partial charge is 0.266 e. The topological polar surface area (TPSA) is 60.4 Å². The first kappa shape index (κ1) is 24.2. The van der Waals surface area contributed by atoms with Gasteiger partial charge in [-0.2, -0.15) is 0 Å². The second-order valence-electron chi connectivity index (χ2n) is 6.79. The number of methoxy groups -OCH3 is 2. The fourth-order valence-corrected chi connectivity index (χ4v) is 4.84. The van der Waals surface area contributed by atoms with Gasteiger partial charge in [0.2, 0.25) is 0 Å². The number of nitrogens with zero attached hydrogens (tertiary/aromatic N) is 2. The zero-order valence-electron chi connectivity index (χ0n) is 18.3. The van der Waals surface area contributed by atoms with E-state index in [9.17, 15) is 4.79 Å². The summed E-state index contributed by atoms with van der Waals surface area (Å²) in [7, 11) is 3.22. The summed E-state index contributed by atoms with van der Waals surface area (Å²) in [4.78, 5) is 20.2. The lowest BCUT2D eigenvalue weighted by molar-refractivity contribution is -0.122. The summed E-state index contributed by atoms with van der Waals surface area (Å²) in [6.07, 6.45) is 4.39. The molecule has 1 heterocycles. The largest absolute Gasteiger partial charge is 0.497 e. The maximum Gasteiger partial charge on any atom is 0.266 e. The van der Waals surface area contributed by atoms with Gasteiger partial charge in [-0.05, 0) is 88.8 Å². The van der Waals surface area contributed by atoms with Gasteiger partial charge in [0.15, 0.2) is 16.7 Å². The van der Waals surface area contributed by atoms with E-state index in [1.54, 1.807) is 25.2 Å². The SMILES string of the molecule is C=CCOc1c(I)cc(/C=C2\SC(=Nc3ccc(OC)cc3)N(CCC)C2=O)cc1OC. The molecule has 2 aromatic rings. The predicted octanol–water partition coefficient (Wildman–Crippen LogP) is 5.89. The molecule has 0 aliphatic carbocycles. The van der Waals surface area contributed by atoms with Gasteiger partial charge in [0.1, 0.15) is 12.4 Å². The van der Waals surface area contributed by atoms with Crippen molar-refractivity contribution in [2.24, 2.45) is 4.99 Å². The number of halogens is 1. The standard InChI is InChI=1S/C24H25IN2O4S/c1-5-11-27-23(28)21(32-24(27)26-17-7-9-18(29-3)10-8-17)15-16-13-19(25)22(31-12-6-2)20(14-16)30-4/h6-10,13-15H,2,5,11-12H2,1,3-4H3/b21-15-,26-24?. The number of ether oxygens (including phenoxy) is 3. The van der Waals surface area contributed by atoms with Crippen molar-refractivity contribution in [1.29, 1.82) is 0 Å². The average molecular weight is 564 g/mol. The fraction of sp³-hybridized carbons (Fsp3) is 0.250. The maximum absolute atomic E-state index is 13.1. The number of amidine groups is 1.